The van der Waals surface area contributed by atoms with Crippen LogP contribution in [0.5, 0.6) is 0 Å². The number of anilines is 1. The Morgan fingerprint density at radius 1 is 1.17 bits per heavy atom. The normalized spacial score (nSPS) is 9.78. The lowest BCUT2D eigenvalue weighted by atomic mass is 10.1. The predicted molar refractivity (Wildman–Crippen MR) is 73.1 cm³/mol. The quantitative estimate of drug-likeness (QED) is 0.943. The van der Waals surface area contributed by atoms with E-state index in [0.717, 1.165) is 17.4 Å². The van der Waals surface area contributed by atoms with Crippen LogP contribution < -0.4 is 5.32 Å². The lowest BCUT2D eigenvalue weighted by molar-refractivity contribution is 0.995. The highest BCUT2D eigenvalue weighted by Crippen LogP contribution is 2.11. The Morgan fingerprint density at radius 3 is 2.61 bits per heavy atom. The third-order valence-electron chi connectivity index (χ3n) is 2.42. The number of benzene rings is 1. The van der Waals surface area contributed by atoms with Crippen LogP contribution in [0.25, 0.3) is 0 Å². The first kappa shape index (κ1) is 12.5. The Morgan fingerprint density at radius 2 is 1.89 bits per heavy atom. The Bertz CT molecular complexity index is 560. The van der Waals surface area contributed by atoms with Gasteiger partial charge in [0.2, 0.25) is 0 Å². The first-order chi connectivity index (χ1) is 8.79. The van der Waals surface area contributed by atoms with E-state index in [-0.39, 0.29) is 0 Å². The second kappa shape index (κ2) is 6.12. The summed E-state index contributed by atoms with van der Waals surface area (Å²) in [5.74, 6) is 0.539. The van der Waals surface area contributed by atoms with Crippen molar-refractivity contribution >= 4 is 21.7 Å². The van der Waals surface area contributed by atoms with Gasteiger partial charge in [-0.1, -0.05) is 28.1 Å². The molecule has 0 bridgehead atoms. The fraction of sp³-hybridized carbons (Fsp3) is 0.154. The second-order valence-corrected chi connectivity index (χ2v) is 4.58. The van der Waals surface area contributed by atoms with Crippen molar-refractivity contribution in [1.82, 2.24) is 9.97 Å². The summed E-state index contributed by atoms with van der Waals surface area (Å²) in [6.07, 6.45) is 3.95. The van der Waals surface area contributed by atoms with Gasteiger partial charge in [-0.15, -0.1) is 0 Å². The molecule has 0 fully saturated rings. The largest absolute Gasteiger partial charge is 0.367 e. The van der Waals surface area contributed by atoms with E-state index in [1.54, 1.807) is 6.20 Å². The van der Waals surface area contributed by atoms with Crippen LogP contribution in [0.4, 0.5) is 5.82 Å². The smallest absolute Gasteiger partial charge is 0.182 e. The minimum absolute atomic E-state index is 0.327. The molecule has 0 radical (unpaired) electrons. The minimum atomic E-state index is 0.327. The fourth-order valence-electron chi connectivity index (χ4n) is 1.53. The van der Waals surface area contributed by atoms with Gasteiger partial charge in [0.05, 0.1) is 0 Å². The minimum Gasteiger partial charge on any atom is -0.367 e. The molecule has 2 rings (SSSR count). The molecule has 90 valence electrons. The third-order valence-corrected chi connectivity index (χ3v) is 2.95. The van der Waals surface area contributed by atoms with Gasteiger partial charge in [0.1, 0.15) is 6.07 Å². The Kier molecular flexibility index (Phi) is 4.26. The van der Waals surface area contributed by atoms with Crippen molar-refractivity contribution in [2.75, 3.05) is 11.9 Å². The van der Waals surface area contributed by atoms with E-state index in [9.17, 15) is 0 Å². The van der Waals surface area contributed by atoms with E-state index in [0.29, 0.717) is 11.5 Å². The van der Waals surface area contributed by atoms with Gasteiger partial charge in [-0.25, -0.2) is 9.97 Å². The van der Waals surface area contributed by atoms with Crippen LogP contribution in [0, 0.1) is 11.3 Å². The van der Waals surface area contributed by atoms with Crippen molar-refractivity contribution < 1.29 is 0 Å². The molecule has 5 heteroatoms. The predicted octanol–water partition coefficient (Wildman–Crippen LogP) is 2.77. The average molecular weight is 303 g/mol. The molecular formula is C13H11BrN4. The van der Waals surface area contributed by atoms with Gasteiger partial charge in [-0.3, -0.25) is 0 Å². The Labute approximate surface area is 114 Å². The summed E-state index contributed by atoms with van der Waals surface area (Å²) in [5, 5.41) is 12.0. The number of nitrogens with zero attached hydrogens (tertiary/aromatic N) is 3. The van der Waals surface area contributed by atoms with Crippen molar-refractivity contribution in [2.45, 2.75) is 6.42 Å². The summed E-state index contributed by atoms with van der Waals surface area (Å²) >= 11 is 3.40. The highest BCUT2D eigenvalue weighted by Gasteiger charge is 2.02. The first-order valence-corrected chi connectivity index (χ1v) is 6.28. The van der Waals surface area contributed by atoms with Crippen LogP contribution in [0.3, 0.4) is 0 Å². The monoisotopic (exact) mass is 302 g/mol. The van der Waals surface area contributed by atoms with E-state index < -0.39 is 0 Å². The number of nitriles is 1. The zero-order chi connectivity index (χ0) is 12.8. The van der Waals surface area contributed by atoms with Crippen molar-refractivity contribution in [3.63, 3.8) is 0 Å². The average Bonchev–Trinajstić information content (AvgIpc) is 2.41. The van der Waals surface area contributed by atoms with Gasteiger partial charge in [0.15, 0.2) is 11.5 Å². The number of halogens is 1. The zero-order valence-electron chi connectivity index (χ0n) is 9.60. The van der Waals surface area contributed by atoms with Crippen LogP contribution in [-0.4, -0.2) is 16.5 Å². The molecule has 2 aromatic rings. The lowest BCUT2D eigenvalue weighted by Gasteiger charge is -2.06. The summed E-state index contributed by atoms with van der Waals surface area (Å²) in [6, 6.07) is 10.2. The molecule has 4 nitrogen and oxygen atoms in total. The van der Waals surface area contributed by atoms with Crippen molar-refractivity contribution in [1.29, 1.82) is 5.26 Å². The highest BCUT2D eigenvalue weighted by molar-refractivity contribution is 9.10. The van der Waals surface area contributed by atoms with E-state index in [1.807, 2.05) is 18.2 Å². The number of hydrogen-bond acceptors (Lipinski definition) is 4. The van der Waals surface area contributed by atoms with Crippen molar-refractivity contribution in [2.24, 2.45) is 0 Å². The third kappa shape index (κ3) is 3.28. The lowest BCUT2D eigenvalue weighted by Crippen LogP contribution is -2.08. The molecule has 1 heterocycles. The summed E-state index contributed by atoms with van der Waals surface area (Å²) in [5.41, 5.74) is 1.56. The van der Waals surface area contributed by atoms with Gasteiger partial charge in [-0.2, -0.15) is 5.26 Å². The van der Waals surface area contributed by atoms with Gasteiger partial charge >= 0.3 is 0 Å². The summed E-state index contributed by atoms with van der Waals surface area (Å²) in [7, 11) is 0. The van der Waals surface area contributed by atoms with E-state index in [4.69, 9.17) is 5.26 Å². The van der Waals surface area contributed by atoms with Crippen molar-refractivity contribution in [3.8, 4) is 6.07 Å². The molecule has 18 heavy (non-hydrogen) atoms. The summed E-state index contributed by atoms with van der Waals surface area (Å²) < 4.78 is 1.07. The van der Waals surface area contributed by atoms with Crippen molar-refractivity contribution in [3.05, 3.63) is 52.4 Å². The van der Waals surface area contributed by atoms with Crippen LogP contribution >= 0.6 is 15.9 Å². The van der Waals surface area contributed by atoms with E-state index in [2.05, 4.69) is 43.3 Å². The number of hydrogen-bond donors (Lipinski definition) is 1. The van der Waals surface area contributed by atoms with Gasteiger partial charge in [0.25, 0.3) is 0 Å². The topological polar surface area (TPSA) is 61.6 Å². The van der Waals surface area contributed by atoms with Crippen LogP contribution in [0.2, 0.25) is 0 Å². The highest BCUT2D eigenvalue weighted by atomic mass is 79.9. The molecule has 0 atom stereocenters. The summed E-state index contributed by atoms with van der Waals surface area (Å²) in [6.45, 7) is 0.717. The molecule has 0 aliphatic carbocycles. The van der Waals surface area contributed by atoms with E-state index >= 15 is 0 Å². The van der Waals surface area contributed by atoms with Gasteiger partial charge < -0.3 is 5.32 Å². The maximum atomic E-state index is 8.87. The van der Waals surface area contributed by atoms with Crippen LogP contribution in [0.15, 0.2) is 41.1 Å². The standard InChI is InChI=1S/C13H11BrN4/c14-11-3-1-10(2-4-11)5-6-17-13-12(9-15)16-7-8-18-13/h1-4,7-8H,5-6H2,(H,17,18). The molecule has 0 saturated carbocycles. The Hall–Kier alpha value is -1.93. The van der Waals surface area contributed by atoms with Gasteiger partial charge in [-0.05, 0) is 24.1 Å². The fourth-order valence-corrected chi connectivity index (χ4v) is 1.79. The molecule has 0 aliphatic rings. The van der Waals surface area contributed by atoms with Crippen LogP contribution in [-0.2, 0) is 6.42 Å². The number of nitrogens with one attached hydrogen (secondary N) is 1. The summed E-state index contributed by atoms with van der Waals surface area (Å²) in [4.78, 5) is 8.03. The molecule has 1 aromatic heterocycles. The molecule has 0 unspecified atom stereocenters. The van der Waals surface area contributed by atoms with E-state index in [1.165, 1.54) is 11.8 Å². The Balaban J connectivity index is 1.93. The molecule has 1 N–H and O–H groups in total. The number of aromatic nitrogens is 2. The second-order valence-electron chi connectivity index (χ2n) is 3.67. The SMILES string of the molecule is N#Cc1nccnc1NCCc1ccc(Br)cc1. The molecule has 1 aromatic carbocycles. The molecular weight excluding hydrogens is 292 g/mol. The van der Waals surface area contributed by atoms with Crippen LogP contribution in [0.1, 0.15) is 11.3 Å². The molecule has 0 spiro atoms. The zero-order valence-corrected chi connectivity index (χ0v) is 11.2. The maximum Gasteiger partial charge on any atom is 0.182 e. The molecule has 0 amide bonds. The molecule has 0 saturated heterocycles. The first-order valence-electron chi connectivity index (χ1n) is 5.49. The maximum absolute atomic E-state index is 8.87. The molecule has 0 aliphatic heterocycles. The number of rotatable bonds is 4. The van der Waals surface area contributed by atoms with Gasteiger partial charge in [0, 0.05) is 23.4 Å².